The lowest BCUT2D eigenvalue weighted by Crippen LogP contribution is -2.36. The van der Waals surface area contributed by atoms with Crippen molar-refractivity contribution in [3.8, 4) is 56.7 Å². The van der Waals surface area contributed by atoms with Gasteiger partial charge in [0.05, 0.1) is 56.3 Å². The molecule has 15 aromatic rings. The quantitative estimate of drug-likeness (QED) is 0.0124. The fourth-order valence-electron chi connectivity index (χ4n) is 15.9. The van der Waals surface area contributed by atoms with E-state index in [4.69, 9.17) is 73.9 Å². The summed E-state index contributed by atoms with van der Waals surface area (Å²) in [5.41, 5.74) is 42.9. The van der Waals surface area contributed by atoms with Crippen molar-refractivity contribution in [1.29, 1.82) is 0 Å². The Balaban J connectivity index is 0.000000180. The Hall–Kier alpha value is -14.4. The van der Waals surface area contributed by atoms with Gasteiger partial charge in [0.15, 0.2) is 35.3 Å². The van der Waals surface area contributed by atoms with E-state index >= 15 is 13.2 Å². The number of hydrogen-bond donors (Lipinski definition) is 16. The Bertz CT molecular complexity index is 7080. The number of methoxy groups -OCH3 is 1. The number of benzene rings is 6. The lowest BCUT2D eigenvalue weighted by atomic mass is 10.00. The van der Waals surface area contributed by atoms with E-state index in [0.29, 0.717) is 197 Å². The number of nitrogens with one attached hydrogen (secondary N) is 10. The second kappa shape index (κ2) is 51.4. The molecule has 0 fully saturated rings. The van der Waals surface area contributed by atoms with Gasteiger partial charge in [-0.2, -0.15) is 24.4 Å². The van der Waals surface area contributed by atoms with Crippen molar-refractivity contribution in [2.75, 3.05) is 62.3 Å². The van der Waals surface area contributed by atoms with Crippen molar-refractivity contribution >= 4 is 114 Å². The molecular formula is C101H120Cl3F3N30O5S. The Labute approximate surface area is 842 Å². The smallest absolute Gasteiger partial charge is 0.354 e. The number of halogens is 6. The molecule has 0 bridgehead atoms. The number of nitrogens with zero attached hydrogens (tertiary/aromatic N) is 14. The Morgan fingerprint density at radius 1 is 0.434 bits per heavy atom. The topological polar surface area (TPSA) is 524 Å². The van der Waals surface area contributed by atoms with Gasteiger partial charge in [0.25, 0.3) is 5.56 Å². The molecule has 0 spiro atoms. The van der Waals surface area contributed by atoms with Crippen LogP contribution in [0.4, 0.5) is 29.9 Å². The third-order valence-corrected chi connectivity index (χ3v) is 25.0. The summed E-state index contributed by atoms with van der Waals surface area (Å²) >= 11 is 20.1. The average Bonchev–Trinajstić information content (AvgIpc) is 1.65. The first-order valence-corrected chi connectivity index (χ1v) is 49.1. The number of ether oxygens (including phenoxy) is 1. The predicted octanol–water partition coefficient (Wildman–Crippen LogP) is 14.9. The lowest BCUT2D eigenvalue weighted by molar-refractivity contribution is 0.392. The number of nitrogens with two attached hydrogens (primary N) is 6. The number of guanidine groups is 3. The molecule has 0 saturated heterocycles. The van der Waals surface area contributed by atoms with Crippen LogP contribution in [0.25, 0.3) is 83.9 Å². The van der Waals surface area contributed by atoms with E-state index in [1.807, 2.05) is 91.0 Å². The average molecular weight is 2030 g/mol. The maximum atomic E-state index is 15.2. The molecule has 0 aliphatic carbocycles. The van der Waals surface area contributed by atoms with Gasteiger partial charge in [-0.3, -0.25) is 33.5 Å². The SMILES string of the molecule is CC(C)CCCc1cc(Cl)c(F)c(-c2cc3cn(-c4ccc(CN[C@H](CCN=C(N)N)CNc5ccc(=O)[nH]n5)cc4)c(=O)nc3[nH]2)c1.CC(C)CCCc1cc(Cl)c(F)c(-c2cc3cn(-c4ccc(CN[C@H](CCN=C(N)N)CNc5ncns5)cc4)c(=O)nc3[nH]2)c1.COc1ccc(NC[C@@H](CCN=C(N)N)NCc2ccc(-n3cc4cc(-c5cc(CCCC(C)C)cc(Cl)c5F)[nH]c4nc3=O)cc2)nn1. The van der Waals surface area contributed by atoms with Gasteiger partial charge in [-0.1, -0.05) is 132 Å². The number of aromatic nitrogens is 15. The lowest BCUT2D eigenvalue weighted by Gasteiger charge is -2.19. The monoisotopic (exact) mass is 2030 g/mol. The van der Waals surface area contributed by atoms with Crippen molar-refractivity contribution in [3.05, 3.63) is 284 Å². The summed E-state index contributed by atoms with van der Waals surface area (Å²) in [6.07, 6.45) is 17.2. The molecule has 0 amide bonds. The van der Waals surface area contributed by atoms with Crippen LogP contribution < -0.4 is 93.7 Å². The highest BCUT2D eigenvalue weighted by molar-refractivity contribution is 7.09. The van der Waals surface area contributed by atoms with Gasteiger partial charge in [0.2, 0.25) is 11.0 Å². The van der Waals surface area contributed by atoms with Crippen LogP contribution in [0.5, 0.6) is 5.88 Å². The highest BCUT2D eigenvalue weighted by atomic mass is 35.5. The number of aryl methyl sites for hydroxylation is 3. The zero-order chi connectivity index (χ0) is 102. The summed E-state index contributed by atoms with van der Waals surface area (Å²) in [6.45, 7) is 17.8. The molecule has 0 saturated carbocycles. The normalized spacial score (nSPS) is 12.0. The first-order valence-electron chi connectivity index (χ1n) is 47.2. The van der Waals surface area contributed by atoms with E-state index < -0.39 is 34.5 Å². The minimum Gasteiger partial charge on any atom is -0.480 e. The summed E-state index contributed by atoms with van der Waals surface area (Å²) in [5.74, 6) is 1.95. The van der Waals surface area contributed by atoms with Crippen LogP contribution in [0.1, 0.15) is 133 Å². The standard InChI is InChI=1S/C35H42ClFN10O2.C34H40ClFN10O2.C32H38ClFN10OS/c1-21(2)5-4-6-23-15-27(32(37)28(36)16-23)29-17-24-20-47(35(48)44-33(24)43-29)26-9-7-22(8-10-26)18-41-25(13-14-40-34(38)39)19-42-30-11-12-31(49-3)46-45-30;1-20(2)4-3-5-22-14-26(31(36)27(35)15-22)28-16-23-19-46(34(48)43-32(23)42-28)25-8-6-21(7-9-25)17-40-24(12-13-39-33(37)38)18-41-29-10-11-30(47)45-44-29;1-19(2)4-3-5-21-12-25(28(34)26(33)13-21)27-14-22-17-44(32(45)43-29(22)42-27)24-8-6-20(7-9-24)15-38-23(10-11-37-30(35)36)16-39-31-40-18-41-46-31/h7-12,15-17,20-21,25,41H,4-6,13-14,18-19H2,1-3H3,(H,42,45)(H4,38,39,40)(H,43,44,48);6-11,14-16,19-20,24,40H,3-5,12-13,17-18H2,1-2H3,(H,41,44)(H,45,47)(H4,37,38,39)(H,42,43,48);6-9,12-14,17-19,23,38H,3-5,10-11,15-16H2,1-2H3,(H4,35,36,37)(H,39,40,41)(H,42,43,45)/t25-;24-;23-/m111/s1. The molecule has 35 nitrogen and oxygen atoms in total. The molecule has 752 valence electrons. The second-order valence-corrected chi connectivity index (χ2v) is 38.0. The fraction of sp³-hybridized carbons (Fsp3) is 0.337. The van der Waals surface area contributed by atoms with Crippen molar-refractivity contribution < 1.29 is 17.9 Å². The second-order valence-electron chi connectivity index (χ2n) is 36.0. The van der Waals surface area contributed by atoms with Gasteiger partial charge in [0, 0.05) is 152 Å². The summed E-state index contributed by atoms with van der Waals surface area (Å²) in [5, 5.41) is 37.7. The first kappa shape index (κ1) is 106. The molecule has 143 heavy (non-hydrogen) atoms. The van der Waals surface area contributed by atoms with Crippen LogP contribution >= 0.6 is 46.3 Å². The fourth-order valence-corrected chi connectivity index (χ4v) is 17.1. The van der Waals surface area contributed by atoms with Gasteiger partial charge in [-0.15, -0.1) is 10.2 Å². The maximum Gasteiger partial charge on any atom is 0.354 e. The molecule has 42 heteroatoms. The van der Waals surface area contributed by atoms with Gasteiger partial charge < -0.3 is 86.0 Å². The molecule has 22 N–H and O–H groups in total. The summed E-state index contributed by atoms with van der Waals surface area (Å²) in [4.78, 5) is 89.0. The van der Waals surface area contributed by atoms with Crippen molar-refractivity contribution in [1.82, 2.24) is 89.3 Å². The zero-order valence-corrected chi connectivity index (χ0v) is 83.6. The number of rotatable bonds is 46. The number of hydrogen-bond acceptors (Lipinski definition) is 23. The van der Waals surface area contributed by atoms with Crippen LogP contribution in [-0.2, 0) is 38.9 Å². The third kappa shape index (κ3) is 31.1. The Morgan fingerprint density at radius 3 is 1.09 bits per heavy atom. The molecule has 9 heterocycles. The molecule has 15 rings (SSSR count). The van der Waals surface area contributed by atoms with E-state index in [-0.39, 0.29) is 56.6 Å². The van der Waals surface area contributed by atoms with Crippen LogP contribution in [0, 0.1) is 35.2 Å². The number of fused-ring (bicyclic) bond motifs is 3. The van der Waals surface area contributed by atoms with Crippen molar-refractivity contribution in [2.24, 2.45) is 67.1 Å². The van der Waals surface area contributed by atoms with Gasteiger partial charge in [-0.05, 0) is 212 Å². The van der Waals surface area contributed by atoms with Crippen LogP contribution in [0.2, 0.25) is 15.1 Å². The molecule has 6 aromatic carbocycles. The number of aliphatic imine (C=N–C) groups is 3. The Morgan fingerprint density at radius 2 is 0.783 bits per heavy atom. The molecule has 0 aliphatic heterocycles. The van der Waals surface area contributed by atoms with E-state index in [0.717, 1.165) is 96.3 Å². The van der Waals surface area contributed by atoms with Crippen molar-refractivity contribution in [2.45, 2.75) is 156 Å². The van der Waals surface area contributed by atoms with Gasteiger partial charge >= 0.3 is 17.1 Å². The van der Waals surface area contributed by atoms with Crippen LogP contribution in [0.3, 0.4) is 0 Å². The molecule has 3 atom stereocenters. The minimum atomic E-state index is -0.516. The number of aromatic amines is 4. The molecular weight excluding hydrogens is 1910 g/mol. The van der Waals surface area contributed by atoms with Crippen LogP contribution in [0.15, 0.2) is 211 Å². The van der Waals surface area contributed by atoms with E-state index in [1.54, 1.807) is 73.2 Å². The highest BCUT2D eigenvalue weighted by Crippen LogP contribution is 2.36. The molecule has 9 aromatic heterocycles. The summed E-state index contributed by atoms with van der Waals surface area (Å²) in [7, 11) is 1.54. The molecule has 0 unspecified atom stereocenters. The number of anilines is 3. The third-order valence-electron chi connectivity index (χ3n) is 23.6. The van der Waals surface area contributed by atoms with E-state index in [2.05, 4.69) is 148 Å². The largest absolute Gasteiger partial charge is 0.480 e. The molecule has 0 aliphatic rings. The van der Waals surface area contributed by atoms with E-state index in [1.165, 1.54) is 44.7 Å². The molecule has 0 radical (unpaired) electrons. The van der Waals surface area contributed by atoms with E-state index in [9.17, 15) is 19.2 Å². The predicted molar refractivity (Wildman–Crippen MR) is 566 cm³/mol. The zero-order valence-electron chi connectivity index (χ0n) is 80.5. The summed E-state index contributed by atoms with van der Waals surface area (Å²) in [6, 6.07) is 45.2. The van der Waals surface area contributed by atoms with Crippen LogP contribution in [-0.4, -0.2) is 156 Å². The van der Waals surface area contributed by atoms with Gasteiger partial charge in [0.1, 0.15) is 34.9 Å². The maximum absolute atomic E-state index is 15.2. The van der Waals surface area contributed by atoms with Gasteiger partial charge in [-0.25, -0.2) is 37.6 Å². The minimum absolute atomic E-state index is 0.00384. The Kier molecular flexibility index (Phi) is 38.1. The summed E-state index contributed by atoms with van der Waals surface area (Å²) < 4.78 is 59.0. The highest BCUT2D eigenvalue weighted by Gasteiger charge is 2.23. The first-order chi connectivity index (χ1) is 68.8. The number of H-pyrrole nitrogens is 4. The van der Waals surface area contributed by atoms with Crippen molar-refractivity contribution in [3.63, 3.8) is 0 Å².